The fraction of sp³-hybridized carbons (Fsp3) is 0.692. The van der Waals surface area contributed by atoms with Gasteiger partial charge in [-0.3, -0.25) is 4.79 Å². The van der Waals surface area contributed by atoms with Crippen LogP contribution in [0, 0.1) is 11.8 Å². The number of nitrogens with one attached hydrogen (secondary N) is 1. The summed E-state index contributed by atoms with van der Waals surface area (Å²) in [6.45, 7) is 2.88. The maximum absolute atomic E-state index is 10.8. The molecule has 1 aliphatic rings. The van der Waals surface area contributed by atoms with E-state index in [1.165, 1.54) is 0 Å². The third-order valence-electron chi connectivity index (χ3n) is 3.73. The Kier molecular flexibility index (Phi) is 4.75. The van der Waals surface area contributed by atoms with E-state index < -0.39 is 5.97 Å². The molecular formula is C13H21N3O2. The van der Waals surface area contributed by atoms with Gasteiger partial charge in [0, 0.05) is 25.5 Å². The lowest BCUT2D eigenvalue weighted by molar-refractivity contribution is -0.143. The quantitative estimate of drug-likeness (QED) is 0.749. The molecule has 5 nitrogen and oxygen atoms in total. The molecule has 2 rings (SSSR count). The van der Waals surface area contributed by atoms with Crippen molar-refractivity contribution >= 4 is 5.97 Å². The van der Waals surface area contributed by atoms with Crippen molar-refractivity contribution in [2.24, 2.45) is 11.8 Å². The topological polar surface area (TPSA) is 67.2 Å². The second kappa shape index (κ2) is 6.54. The first-order chi connectivity index (χ1) is 8.75. The summed E-state index contributed by atoms with van der Waals surface area (Å²) in [6, 6.07) is 0. The Morgan fingerprint density at radius 3 is 2.78 bits per heavy atom. The van der Waals surface area contributed by atoms with Gasteiger partial charge in [-0.05, 0) is 38.1 Å². The standard InChI is InChI=1S/C13H21N3O2/c17-13(18)12-3-1-11(2-4-12)9-14-5-7-16-8-6-15-10-16/h6,8,10-12,14H,1-5,7,9H2,(H,17,18). The first-order valence-electron chi connectivity index (χ1n) is 6.65. The van der Waals surface area contributed by atoms with E-state index in [-0.39, 0.29) is 5.92 Å². The minimum absolute atomic E-state index is 0.104. The molecule has 0 bridgehead atoms. The van der Waals surface area contributed by atoms with Crippen LogP contribution in [0.5, 0.6) is 0 Å². The highest BCUT2D eigenvalue weighted by Gasteiger charge is 2.25. The van der Waals surface area contributed by atoms with Crippen LogP contribution in [0.3, 0.4) is 0 Å². The lowest BCUT2D eigenvalue weighted by Crippen LogP contribution is -2.30. The van der Waals surface area contributed by atoms with Crippen LogP contribution in [0.15, 0.2) is 18.7 Å². The zero-order valence-electron chi connectivity index (χ0n) is 10.6. The van der Waals surface area contributed by atoms with E-state index in [1.54, 1.807) is 6.20 Å². The van der Waals surface area contributed by atoms with Gasteiger partial charge < -0.3 is 15.0 Å². The largest absolute Gasteiger partial charge is 0.481 e. The van der Waals surface area contributed by atoms with Gasteiger partial charge in [0.2, 0.25) is 0 Å². The van der Waals surface area contributed by atoms with Crippen LogP contribution in [0.1, 0.15) is 25.7 Å². The molecule has 5 heteroatoms. The minimum Gasteiger partial charge on any atom is -0.481 e. The predicted octanol–water partition coefficient (Wildman–Crippen LogP) is 1.36. The second-order valence-electron chi connectivity index (χ2n) is 5.06. The Labute approximate surface area is 107 Å². The average molecular weight is 251 g/mol. The number of carboxylic acid groups (broad SMARTS) is 1. The van der Waals surface area contributed by atoms with Crippen LogP contribution in [0.4, 0.5) is 0 Å². The number of hydrogen-bond donors (Lipinski definition) is 2. The average Bonchev–Trinajstić information content (AvgIpc) is 2.88. The number of imidazole rings is 1. The molecular weight excluding hydrogens is 230 g/mol. The Hall–Kier alpha value is -1.36. The molecule has 0 radical (unpaired) electrons. The minimum atomic E-state index is -0.624. The zero-order valence-corrected chi connectivity index (χ0v) is 10.6. The van der Waals surface area contributed by atoms with Crippen molar-refractivity contribution in [3.05, 3.63) is 18.7 Å². The van der Waals surface area contributed by atoms with Gasteiger partial charge in [-0.25, -0.2) is 4.98 Å². The molecule has 1 heterocycles. The molecule has 0 aromatic carbocycles. The monoisotopic (exact) mass is 251 g/mol. The maximum atomic E-state index is 10.8. The van der Waals surface area contributed by atoms with E-state index >= 15 is 0 Å². The lowest BCUT2D eigenvalue weighted by atomic mass is 9.82. The molecule has 1 aromatic heterocycles. The van der Waals surface area contributed by atoms with Crippen LogP contribution in [0.25, 0.3) is 0 Å². The van der Waals surface area contributed by atoms with Crippen molar-refractivity contribution in [2.45, 2.75) is 32.2 Å². The van der Waals surface area contributed by atoms with Crippen molar-refractivity contribution in [3.8, 4) is 0 Å². The van der Waals surface area contributed by atoms with Gasteiger partial charge in [-0.2, -0.15) is 0 Å². The number of carbonyl (C=O) groups is 1. The first kappa shape index (κ1) is 13.1. The summed E-state index contributed by atoms with van der Waals surface area (Å²) in [7, 11) is 0. The molecule has 0 amide bonds. The van der Waals surface area contributed by atoms with Gasteiger partial charge >= 0.3 is 5.97 Å². The van der Waals surface area contributed by atoms with Crippen molar-refractivity contribution in [1.29, 1.82) is 0 Å². The van der Waals surface area contributed by atoms with Crippen LogP contribution in [-0.4, -0.2) is 33.7 Å². The number of aliphatic carboxylic acids is 1. The highest BCUT2D eigenvalue weighted by atomic mass is 16.4. The number of nitrogens with zero attached hydrogens (tertiary/aromatic N) is 2. The van der Waals surface area contributed by atoms with Crippen LogP contribution < -0.4 is 5.32 Å². The van der Waals surface area contributed by atoms with Gasteiger partial charge in [0.1, 0.15) is 0 Å². The Morgan fingerprint density at radius 2 is 2.17 bits per heavy atom. The van der Waals surface area contributed by atoms with Crippen LogP contribution in [-0.2, 0) is 11.3 Å². The van der Waals surface area contributed by atoms with E-state index in [0.717, 1.165) is 45.3 Å². The summed E-state index contributed by atoms with van der Waals surface area (Å²) >= 11 is 0. The van der Waals surface area contributed by atoms with Gasteiger partial charge in [-0.1, -0.05) is 0 Å². The predicted molar refractivity (Wildman–Crippen MR) is 68.2 cm³/mol. The van der Waals surface area contributed by atoms with Gasteiger partial charge in [-0.15, -0.1) is 0 Å². The van der Waals surface area contributed by atoms with Crippen LogP contribution in [0.2, 0.25) is 0 Å². The molecule has 18 heavy (non-hydrogen) atoms. The fourth-order valence-electron chi connectivity index (χ4n) is 2.55. The number of carboxylic acids is 1. The second-order valence-corrected chi connectivity index (χ2v) is 5.06. The summed E-state index contributed by atoms with van der Waals surface area (Å²) in [6.07, 6.45) is 9.31. The third kappa shape index (κ3) is 3.84. The molecule has 1 aromatic rings. The highest BCUT2D eigenvalue weighted by Crippen LogP contribution is 2.28. The fourth-order valence-corrected chi connectivity index (χ4v) is 2.55. The molecule has 1 aliphatic carbocycles. The molecule has 2 N–H and O–H groups in total. The van der Waals surface area contributed by atoms with Crippen molar-refractivity contribution in [1.82, 2.24) is 14.9 Å². The van der Waals surface area contributed by atoms with E-state index in [1.807, 2.05) is 17.1 Å². The maximum Gasteiger partial charge on any atom is 0.306 e. The van der Waals surface area contributed by atoms with Gasteiger partial charge in [0.15, 0.2) is 0 Å². The first-order valence-corrected chi connectivity index (χ1v) is 6.65. The van der Waals surface area contributed by atoms with Gasteiger partial charge in [0.05, 0.1) is 12.2 Å². The number of rotatable bonds is 6. The van der Waals surface area contributed by atoms with E-state index in [2.05, 4.69) is 10.3 Å². The lowest BCUT2D eigenvalue weighted by Gasteiger charge is -2.26. The summed E-state index contributed by atoms with van der Waals surface area (Å²) in [5, 5.41) is 12.4. The van der Waals surface area contributed by atoms with E-state index in [9.17, 15) is 4.79 Å². The Bertz CT molecular complexity index is 356. The Morgan fingerprint density at radius 1 is 1.39 bits per heavy atom. The Balaban J connectivity index is 1.57. The summed E-state index contributed by atoms with van der Waals surface area (Å²) in [5.74, 6) is -0.0860. The number of aromatic nitrogens is 2. The molecule has 0 unspecified atom stereocenters. The molecule has 0 atom stereocenters. The van der Waals surface area contributed by atoms with E-state index in [0.29, 0.717) is 5.92 Å². The van der Waals surface area contributed by atoms with Crippen molar-refractivity contribution in [2.75, 3.05) is 13.1 Å². The van der Waals surface area contributed by atoms with Crippen molar-refractivity contribution in [3.63, 3.8) is 0 Å². The SMILES string of the molecule is O=C(O)C1CCC(CNCCn2ccnc2)CC1. The zero-order chi connectivity index (χ0) is 12.8. The van der Waals surface area contributed by atoms with Gasteiger partial charge in [0.25, 0.3) is 0 Å². The summed E-state index contributed by atoms with van der Waals surface area (Å²) in [5.41, 5.74) is 0. The normalized spacial score (nSPS) is 24.0. The molecule has 0 aliphatic heterocycles. The summed E-state index contributed by atoms with van der Waals surface area (Å²) < 4.78 is 2.05. The third-order valence-corrected chi connectivity index (χ3v) is 3.73. The highest BCUT2D eigenvalue weighted by molar-refractivity contribution is 5.69. The molecule has 1 fully saturated rings. The smallest absolute Gasteiger partial charge is 0.306 e. The van der Waals surface area contributed by atoms with Crippen molar-refractivity contribution < 1.29 is 9.90 Å². The molecule has 100 valence electrons. The molecule has 1 saturated carbocycles. The van der Waals surface area contributed by atoms with Crippen LogP contribution >= 0.6 is 0 Å². The summed E-state index contributed by atoms with van der Waals surface area (Å²) in [4.78, 5) is 14.8. The molecule has 0 saturated heterocycles. The molecule has 0 spiro atoms. The number of hydrogen-bond acceptors (Lipinski definition) is 3. The van der Waals surface area contributed by atoms with E-state index in [4.69, 9.17) is 5.11 Å².